The molecule has 0 bridgehead atoms. The van der Waals surface area contributed by atoms with Crippen molar-refractivity contribution in [3.8, 4) is 11.1 Å². The minimum Gasteiger partial charge on any atom is -0.480 e. The fraction of sp³-hybridized carbons (Fsp3) is 0.294. The van der Waals surface area contributed by atoms with Gasteiger partial charge in [-0.2, -0.15) is 0 Å². The fourth-order valence-corrected chi connectivity index (χ4v) is 3.48. The highest BCUT2D eigenvalue weighted by Gasteiger charge is 2.37. The van der Waals surface area contributed by atoms with Gasteiger partial charge < -0.3 is 10.4 Å². The van der Waals surface area contributed by atoms with Crippen LogP contribution in [0, 0.1) is 18.7 Å². The van der Waals surface area contributed by atoms with Crippen LogP contribution in [-0.2, 0) is 4.79 Å². The van der Waals surface area contributed by atoms with Crippen LogP contribution in [0.25, 0.3) is 11.1 Å². The average Bonchev–Trinajstić information content (AvgIpc) is 3.27. The smallest absolute Gasteiger partial charge is 0.326 e. The summed E-state index contributed by atoms with van der Waals surface area (Å²) in [6.45, 7) is 1.88. The maximum atomic E-state index is 13.0. The molecule has 2 aromatic rings. The number of amides is 1. The number of carbonyl (C=O) groups excluding carboxylic acids is 1. The van der Waals surface area contributed by atoms with Crippen LogP contribution in [0.2, 0.25) is 0 Å². The zero-order valence-corrected chi connectivity index (χ0v) is 13.3. The van der Waals surface area contributed by atoms with Crippen molar-refractivity contribution in [2.45, 2.75) is 25.8 Å². The topological polar surface area (TPSA) is 66.4 Å². The van der Waals surface area contributed by atoms with Gasteiger partial charge in [0, 0.05) is 4.88 Å². The summed E-state index contributed by atoms with van der Waals surface area (Å²) in [7, 11) is 0. The number of carbonyl (C=O) groups is 2. The summed E-state index contributed by atoms with van der Waals surface area (Å²) in [5.41, 5.74) is 1.69. The van der Waals surface area contributed by atoms with E-state index in [9.17, 15) is 19.1 Å². The maximum Gasteiger partial charge on any atom is 0.326 e. The van der Waals surface area contributed by atoms with Crippen molar-refractivity contribution in [1.82, 2.24) is 5.32 Å². The lowest BCUT2D eigenvalue weighted by Crippen LogP contribution is -2.42. The summed E-state index contributed by atoms with van der Waals surface area (Å²) in [5.74, 6) is -1.64. The van der Waals surface area contributed by atoms with E-state index in [-0.39, 0.29) is 17.6 Å². The van der Waals surface area contributed by atoms with Crippen molar-refractivity contribution in [3.05, 3.63) is 45.9 Å². The number of aryl methyl sites for hydroxylation is 1. The minimum atomic E-state index is -0.993. The molecule has 1 atom stereocenters. The number of aliphatic carboxylic acids is 1. The number of hydrogen-bond acceptors (Lipinski definition) is 3. The van der Waals surface area contributed by atoms with Gasteiger partial charge in [0.1, 0.15) is 11.9 Å². The van der Waals surface area contributed by atoms with Gasteiger partial charge in [-0.25, -0.2) is 9.18 Å². The van der Waals surface area contributed by atoms with Gasteiger partial charge in [-0.1, -0.05) is 12.1 Å². The summed E-state index contributed by atoms with van der Waals surface area (Å²) >= 11 is 1.31. The van der Waals surface area contributed by atoms with E-state index in [1.54, 1.807) is 18.2 Å². The highest BCUT2D eigenvalue weighted by atomic mass is 32.1. The van der Waals surface area contributed by atoms with Crippen LogP contribution in [-0.4, -0.2) is 23.0 Å². The first-order valence-electron chi connectivity index (χ1n) is 7.35. The number of carboxylic acids is 1. The second kappa shape index (κ2) is 6.12. The summed E-state index contributed by atoms with van der Waals surface area (Å²) < 4.78 is 13.0. The van der Waals surface area contributed by atoms with Gasteiger partial charge in [0.25, 0.3) is 5.91 Å². The Balaban J connectivity index is 1.81. The third kappa shape index (κ3) is 3.42. The third-order valence-electron chi connectivity index (χ3n) is 3.94. The number of benzene rings is 1. The van der Waals surface area contributed by atoms with Crippen LogP contribution in [0.1, 0.15) is 27.4 Å². The second-order valence-electron chi connectivity index (χ2n) is 5.71. The van der Waals surface area contributed by atoms with Crippen molar-refractivity contribution < 1.29 is 19.1 Å². The van der Waals surface area contributed by atoms with Gasteiger partial charge in [0.15, 0.2) is 0 Å². The van der Waals surface area contributed by atoms with E-state index in [0.29, 0.717) is 4.88 Å². The molecule has 1 saturated carbocycles. The molecule has 1 fully saturated rings. The van der Waals surface area contributed by atoms with Crippen LogP contribution in [0.3, 0.4) is 0 Å². The van der Waals surface area contributed by atoms with Crippen LogP contribution in [0.4, 0.5) is 4.39 Å². The molecule has 23 heavy (non-hydrogen) atoms. The lowest BCUT2D eigenvalue weighted by atomic mass is 10.1. The standard InChI is InChI=1S/C17H16FNO3S/c1-9-13(10-4-6-12(18)7-5-10)8-14(23-9)16(20)19-15(17(21)22)11-2-3-11/h4-8,11,15H,2-3H2,1H3,(H,19,20)(H,21,22). The highest BCUT2D eigenvalue weighted by Crippen LogP contribution is 2.34. The zero-order valence-electron chi connectivity index (χ0n) is 12.5. The SMILES string of the molecule is Cc1sc(C(=O)NC(C(=O)O)C2CC2)cc1-c1ccc(F)cc1. The van der Waals surface area contributed by atoms with E-state index >= 15 is 0 Å². The van der Waals surface area contributed by atoms with Gasteiger partial charge in [0.05, 0.1) is 4.88 Å². The second-order valence-corrected chi connectivity index (χ2v) is 6.97. The lowest BCUT2D eigenvalue weighted by Gasteiger charge is -2.12. The Bertz CT molecular complexity index is 750. The monoisotopic (exact) mass is 333 g/mol. The first-order valence-corrected chi connectivity index (χ1v) is 8.17. The van der Waals surface area contributed by atoms with Crippen molar-refractivity contribution in [2.24, 2.45) is 5.92 Å². The molecule has 1 aliphatic rings. The predicted molar refractivity (Wildman–Crippen MR) is 86.1 cm³/mol. The van der Waals surface area contributed by atoms with E-state index in [0.717, 1.165) is 28.8 Å². The van der Waals surface area contributed by atoms with E-state index in [2.05, 4.69) is 5.32 Å². The van der Waals surface area contributed by atoms with Crippen molar-refractivity contribution in [2.75, 3.05) is 0 Å². The Labute approximate surface area is 137 Å². The van der Waals surface area contributed by atoms with Crippen LogP contribution < -0.4 is 5.32 Å². The number of hydrogen-bond donors (Lipinski definition) is 2. The number of carboxylic acid groups (broad SMARTS) is 1. The summed E-state index contributed by atoms with van der Waals surface area (Å²) in [5, 5.41) is 11.8. The minimum absolute atomic E-state index is 0.0362. The molecule has 1 aromatic heterocycles. The summed E-state index contributed by atoms with van der Waals surface area (Å²) in [4.78, 5) is 24.9. The number of rotatable bonds is 5. The lowest BCUT2D eigenvalue weighted by molar-refractivity contribution is -0.139. The third-order valence-corrected chi connectivity index (χ3v) is 4.99. The van der Waals surface area contributed by atoms with Crippen molar-refractivity contribution >= 4 is 23.2 Å². The molecular formula is C17H16FNO3S. The van der Waals surface area contributed by atoms with E-state index in [1.807, 2.05) is 6.92 Å². The molecule has 1 aromatic carbocycles. The van der Waals surface area contributed by atoms with Crippen LogP contribution >= 0.6 is 11.3 Å². The van der Waals surface area contributed by atoms with Crippen LogP contribution in [0.5, 0.6) is 0 Å². The largest absolute Gasteiger partial charge is 0.480 e. The van der Waals surface area contributed by atoms with Gasteiger partial charge in [-0.15, -0.1) is 11.3 Å². The van der Waals surface area contributed by atoms with E-state index in [1.165, 1.54) is 23.5 Å². The van der Waals surface area contributed by atoms with Crippen molar-refractivity contribution in [1.29, 1.82) is 0 Å². The highest BCUT2D eigenvalue weighted by molar-refractivity contribution is 7.14. The van der Waals surface area contributed by atoms with Gasteiger partial charge >= 0.3 is 5.97 Å². The average molecular weight is 333 g/mol. The molecule has 0 spiro atoms. The van der Waals surface area contributed by atoms with Crippen LogP contribution in [0.15, 0.2) is 30.3 Å². The molecule has 3 rings (SSSR count). The molecule has 0 radical (unpaired) electrons. The molecule has 6 heteroatoms. The Hall–Kier alpha value is -2.21. The first-order chi connectivity index (χ1) is 11.0. The maximum absolute atomic E-state index is 13.0. The number of thiophene rings is 1. The Kier molecular flexibility index (Phi) is 4.17. The molecule has 1 aliphatic carbocycles. The summed E-state index contributed by atoms with van der Waals surface area (Å²) in [6.07, 6.45) is 1.67. The molecular weight excluding hydrogens is 317 g/mol. The molecule has 4 nitrogen and oxygen atoms in total. The molecule has 1 amide bonds. The quantitative estimate of drug-likeness (QED) is 0.881. The van der Waals surface area contributed by atoms with E-state index in [4.69, 9.17) is 0 Å². The number of nitrogens with one attached hydrogen (secondary N) is 1. The normalized spacial score (nSPS) is 15.2. The molecule has 1 unspecified atom stereocenters. The van der Waals surface area contributed by atoms with E-state index < -0.39 is 12.0 Å². The Morgan fingerprint density at radius 1 is 1.30 bits per heavy atom. The zero-order chi connectivity index (χ0) is 16.6. The Morgan fingerprint density at radius 3 is 2.52 bits per heavy atom. The molecule has 0 saturated heterocycles. The molecule has 120 valence electrons. The Morgan fingerprint density at radius 2 is 1.96 bits per heavy atom. The predicted octanol–water partition coefficient (Wildman–Crippen LogP) is 3.46. The van der Waals surface area contributed by atoms with Gasteiger partial charge in [0.2, 0.25) is 0 Å². The first kappa shape index (κ1) is 15.7. The molecule has 0 aliphatic heterocycles. The summed E-state index contributed by atoms with van der Waals surface area (Å²) in [6, 6.07) is 6.99. The van der Waals surface area contributed by atoms with Crippen molar-refractivity contribution in [3.63, 3.8) is 0 Å². The van der Waals surface area contributed by atoms with Gasteiger partial charge in [-0.05, 0) is 55.0 Å². The molecule has 2 N–H and O–H groups in total. The number of halogens is 1. The molecule has 1 heterocycles. The fourth-order valence-electron chi connectivity index (χ4n) is 2.53. The van der Waals surface area contributed by atoms with Gasteiger partial charge in [-0.3, -0.25) is 4.79 Å².